The lowest BCUT2D eigenvalue weighted by atomic mass is 10.2. The summed E-state index contributed by atoms with van der Waals surface area (Å²) >= 11 is 0. The summed E-state index contributed by atoms with van der Waals surface area (Å²) in [7, 11) is 0. The van der Waals surface area contributed by atoms with Gasteiger partial charge in [0.05, 0.1) is 0 Å². The molecule has 1 atom stereocenters. The van der Waals surface area contributed by atoms with Crippen LogP contribution in [-0.4, -0.2) is 20.9 Å². The first-order valence-electron chi connectivity index (χ1n) is 5.20. The Labute approximate surface area is 95.0 Å². The number of aromatic nitrogens is 2. The number of halogens is 3. The van der Waals surface area contributed by atoms with Crippen molar-refractivity contribution < 1.29 is 23.1 Å². The van der Waals surface area contributed by atoms with Gasteiger partial charge in [0.1, 0.15) is 6.04 Å². The van der Waals surface area contributed by atoms with Gasteiger partial charge in [0.15, 0.2) is 5.69 Å². The molecule has 17 heavy (non-hydrogen) atoms. The molecule has 1 aromatic rings. The van der Waals surface area contributed by atoms with E-state index in [-0.39, 0.29) is 5.92 Å². The average Bonchev–Trinajstić information content (AvgIpc) is 2.94. The molecule has 1 heterocycles. The molecule has 0 radical (unpaired) electrons. The van der Waals surface area contributed by atoms with Gasteiger partial charge in [-0.1, -0.05) is 0 Å². The van der Waals surface area contributed by atoms with Gasteiger partial charge in [-0.2, -0.15) is 18.3 Å². The first-order valence-corrected chi connectivity index (χ1v) is 5.20. The smallest absolute Gasteiger partial charge is 0.435 e. The van der Waals surface area contributed by atoms with Crippen molar-refractivity contribution in [2.75, 3.05) is 0 Å². The van der Waals surface area contributed by atoms with Gasteiger partial charge in [0.25, 0.3) is 0 Å². The summed E-state index contributed by atoms with van der Waals surface area (Å²) in [4.78, 5) is 10.8. The maximum atomic E-state index is 12.5. The van der Waals surface area contributed by atoms with Crippen LogP contribution in [0.25, 0.3) is 0 Å². The predicted octanol–water partition coefficient (Wildman–Crippen LogP) is 2.42. The molecule has 1 aliphatic carbocycles. The van der Waals surface area contributed by atoms with Gasteiger partial charge in [-0.3, -0.25) is 4.68 Å². The molecule has 4 nitrogen and oxygen atoms in total. The van der Waals surface area contributed by atoms with Gasteiger partial charge < -0.3 is 5.11 Å². The largest absolute Gasteiger partial charge is 0.480 e. The van der Waals surface area contributed by atoms with Crippen LogP contribution in [0, 0.1) is 0 Å². The van der Waals surface area contributed by atoms with E-state index in [1.54, 1.807) is 0 Å². The summed E-state index contributed by atoms with van der Waals surface area (Å²) in [6.45, 7) is 1.32. The molecule has 1 fully saturated rings. The number of hydrogen-bond donors (Lipinski definition) is 1. The second kappa shape index (κ2) is 3.75. The molecule has 1 aromatic heterocycles. The van der Waals surface area contributed by atoms with Crippen LogP contribution < -0.4 is 0 Å². The molecule has 1 aliphatic rings. The molecule has 1 saturated carbocycles. The van der Waals surface area contributed by atoms with Crippen LogP contribution in [0.4, 0.5) is 13.2 Å². The Balaban J connectivity index is 2.42. The van der Waals surface area contributed by atoms with Crippen molar-refractivity contribution in [1.29, 1.82) is 0 Å². The minimum absolute atomic E-state index is 0.0143. The first-order chi connectivity index (χ1) is 7.80. The zero-order valence-corrected chi connectivity index (χ0v) is 9.03. The van der Waals surface area contributed by atoms with Crippen LogP contribution >= 0.6 is 0 Å². The molecule has 7 heteroatoms. The van der Waals surface area contributed by atoms with Gasteiger partial charge >= 0.3 is 12.1 Å². The number of carboxylic acids is 1. The van der Waals surface area contributed by atoms with Crippen LogP contribution in [0.1, 0.15) is 43.1 Å². The Bertz CT molecular complexity index is 449. The van der Waals surface area contributed by atoms with Crippen molar-refractivity contribution in [3.05, 3.63) is 17.5 Å². The lowest BCUT2D eigenvalue weighted by molar-refractivity contribution is -0.144. The van der Waals surface area contributed by atoms with Gasteiger partial charge in [-0.05, 0) is 25.8 Å². The summed E-state index contributed by atoms with van der Waals surface area (Å²) in [6.07, 6.45) is -2.96. The maximum absolute atomic E-state index is 12.5. The van der Waals surface area contributed by atoms with E-state index in [0.29, 0.717) is 5.69 Å². The zero-order valence-electron chi connectivity index (χ0n) is 9.03. The highest BCUT2D eigenvalue weighted by Crippen LogP contribution is 2.42. The van der Waals surface area contributed by atoms with E-state index >= 15 is 0 Å². The minimum atomic E-state index is -4.53. The van der Waals surface area contributed by atoms with Crippen LogP contribution in [0.5, 0.6) is 0 Å². The summed E-state index contributed by atoms with van der Waals surface area (Å²) in [6, 6.07) is -0.126. The molecule has 0 bridgehead atoms. The monoisotopic (exact) mass is 248 g/mol. The number of carbonyl (C=O) groups is 1. The van der Waals surface area contributed by atoms with Crippen molar-refractivity contribution in [2.45, 2.75) is 37.9 Å². The van der Waals surface area contributed by atoms with Crippen LogP contribution in [-0.2, 0) is 11.0 Å². The quantitative estimate of drug-likeness (QED) is 0.893. The normalized spacial score (nSPS) is 18.1. The third-order valence-electron chi connectivity index (χ3n) is 2.77. The van der Waals surface area contributed by atoms with E-state index in [2.05, 4.69) is 5.10 Å². The number of rotatable bonds is 3. The van der Waals surface area contributed by atoms with E-state index in [9.17, 15) is 18.0 Å². The SMILES string of the molecule is C[C@H](C(=O)O)n1nc(C(F)(F)F)cc1C1CC1. The lowest BCUT2D eigenvalue weighted by Gasteiger charge is -2.10. The summed E-state index contributed by atoms with van der Waals surface area (Å²) < 4.78 is 38.5. The van der Waals surface area contributed by atoms with Crippen LogP contribution in [0.3, 0.4) is 0 Å². The highest BCUT2D eigenvalue weighted by atomic mass is 19.4. The predicted molar refractivity (Wildman–Crippen MR) is 51.6 cm³/mol. The fourth-order valence-electron chi connectivity index (χ4n) is 1.65. The average molecular weight is 248 g/mol. The third-order valence-corrected chi connectivity index (χ3v) is 2.77. The van der Waals surface area contributed by atoms with E-state index in [1.807, 2.05) is 0 Å². The molecule has 1 N–H and O–H groups in total. The van der Waals surface area contributed by atoms with Crippen molar-refractivity contribution in [2.24, 2.45) is 0 Å². The molecule has 0 spiro atoms. The van der Waals surface area contributed by atoms with Gasteiger partial charge in [-0.25, -0.2) is 4.79 Å². The number of alkyl halides is 3. The molecule has 0 unspecified atom stereocenters. The van der Waals surface area contributed by atoms with E-state index in [4.69, 9.17) is 5.11 Å². The van der Waals surface area contributed by atoms with Crippen molar-refractivity contribution >= 4 is 5.97 Å². The first kappa shape index (κ1) is 11.9. The third kappa shape index (κ3) is 2.27. The second-order valence-corrected chi connectivity index (χ2v) is 4.19. The van der Waals surface area contributed by atoms with Crippen molar-refractivity contribution in [1.82, 2.24) is 9.78 Å². The molecule has 0 aliphatic heterocycles. The Morgan fingerprint density at radius 1 is 1.59 bits per heavy atom. The van der Waals surface area contributed by atoms with Crippen molar-refractivity contribution in [3.63, 3.8) is 0 Å². The topological polar surface area (TPSA) is 55.1 Å². The summed E-state index contributed by atoms with van der Waals surface area (Å²) in [5.41, 5.74) is -0.653. The molecule has 0 aromatic carbocycles. The van der Waals surface area contributed by atoms with E-state index in [1.165, 1.54) is 6.92 Å². The molecule has 2 rings (SSSR count). The van der Waals surface area contributed by atoms with E-state index < -0.39 is 23.9 Å². The van der Waals surface area contributed by atoms with E-state index in [0.717, 1.165) is 23.6 Å². The Hall–Kier alpha value is -1.53. The van der Waals surface area contributed by atoms with Gasteiger partial charge in [0.2, 0.25) is 0 Å². The van der Waals surface area contributed by atoms with Crippen LogP contribution in [0.15, 0.2) is 6.07 Å². The number of nitrogens with zero attached hydrogens (tertiary/aromatic N) is 2. The van der Waals surface area contributed by atoms with Crippen LogP contribution in [0.2, 0.25) is 0 Å². The van der Waals surface area contributed by atoms with Gasteiger partial charge in [-0.15, -0.1) is 0 Å². The Kier molecular flexibility index (Phi) is 2.63. The zero-order chi connectivity index (χ0) is 12.8. The molecule has 94 valence electrons. The minimum Gasteiger partial charge on any atom is -0.480 e. The Morgan fingerprint density at radius 3 is 2.59 bits per heavy atom. The molecular weight excluding hydrogens is 237 g/mol. The van der Waals surface area contributed by atoms with Crippen molar-refractivity contribution in [3.8, 4) is 0 Å². The van der Waals surface area contributed by atoms with Gasteiger partial charge in [0, 0.05) is 11.6 Å². The number of hydrogen-bond acceptors (Lipinski definition) is 2. The number of carboxylic acid groups (broad SMARTS) is 1. The highest BCUT2D eigenvalue weighted by Gasteiger charge is 2.39. The fraction of sp³-hybridized carbons (Fsp3) is 0.600. The fourth-order valence-corrected chi connectivity index (χ4v) is 1.65. The summed E-state index contributed by atoms with van der Waals surface area (Å²) in [5.74, 6) is -1.18. The highest BCUT2D eigenvalue weighted by molar-refractivity contribution is 5.71. The lowest BCUT2D eigenvalue weighted by Crippen LogP contribution is -2.19. The summed E-state index contributed by atoms with van der Waals surface area (Å²) in [5, 5.41) is 12.2. The number of aliphatic carboxylic acids is 1. The molecule has 0 amide bonds. The second-order valence-electron chi connectivity index (χ2n) is 4.19. The molecule has 0 saturated heterocycles. The molecular formula is C10H11F3N2O2. The standard InChI is InChI=1S/C10H11F3N2O2/c1-5(9(16)17)15-7(6-2-3-6)4-8(14-15)10(11,12)13/h4-6H,2-3H2,1H3,(H,16,17)/t5-/m1/s1. The Morgan fingerprint density at radius 2 is 2.18 bits per heavy atom. The maximum Gasteiger partial charge on any atom is 0.435 e.